The van der Waals surface area contributed by atoms with Crippen molar-refractivity contribution < 1.29 is 26.3 Å². The fourth-order valence-electron chi connectivity index (χ4n) is 5.31. The second-order valence-corrected chi connectivity index (χ2v) is 12.1. The Kier molecular flexibility index (Phi) is 4.53. The van der Waals surface area contributed by atoms with Gasteiger partial charge in [0.15, 0.2) is 0 Å². The summed E-state index contributed by atoms with van der Waals surface area (Å²) >= 11 is 2.49. The van der Waals surface area contributed by atoms with Crippen molar-refractivity contribution in [3.05, 3.63) is 100 Å². The van der Waals surface area contributed by atoms with Gasteiger partial charge in [-0.3, -0.25) is 4.98 Å². The van der Waals surface area contributed by atoms with Gasteiger partial charge in [-0.15, -0.1) is 23.5 Å². The van der Waals surface area contributed by atoms with Crippen LogP contribution in [-0.2, 0) is 0 Å². The molecule has 0 saturated heterocycles. The van der Waals surface area contributed by atoms with Gasteiger partial charge < -0.3 is 0 Å². The van der Waals surface area contributed by atoms with Crippen LogP contribution >= 0.6 is 23.5 Å². The number of benzene rings is 1. The maximum atomic E-state index is 15.3. The molecule has 0 unspecified atom stereocenters. The van der Waals surface area contributed by atoms with Crippen LogP contribution in [0, 0.1) is 0 Å². The lowest BCUT2D eigenvalue weighted by atomic mass is 9.71. The van der Waals surface area contributed by atoms with E-state index in [4.69, 9.17) is 0 Å². The molecule has 1 nitrogen and oxygen atoms in total. The highest BCUT2D eigenvalue weighted by Crippen LogP contribution is 2.75. The lowest BCUT2D eigenvalue weighted by Gasteiger charge is -2.47. The van der Waals surface area contributed by atoms with Gasteiger partial charge >= 0.3 is 17.8 Å². The Hall–Kier alpha value is -2.39. The molecule has 1 aromatic heterocycles. The molecule has 1 aromatic carbocycles. The van der Waals surface area contributed by atoms with Crippen LogP contribution in [0.2, 0.25) is 0 Å². The van der Waals surface area contributed by atoms with Crippen LogP contribution in [0.1, 0.15) is 25.0 Å². The average Bonchev–Trinajstić information content (AvgIpc) is 3.40. The van der Waals surface area contributed by atoms with E-state index in [-0.39, 0.29) is 11.1 Å². The zero-order chi connectivity index (χ0) is 25.0. The number of alkyl halides is 6. The van der Waals surface area contributed by atoms with Crippen molar-refractivity contribution in [2.24, 2.45) is 0 Å². The minimum Gasteiger partial charge on any atom is -0.265 e. The molecule has 2 aliphatic carbocycles. The highest BCUT2D eigenvalue weighted by atomic mass is 32.2. The van der Waals surface area contributed by atoms with E-state index >= 15 is 17.6 Å². The van der Waals surface area contributed by atoms with Crippen molar-refractivity contribution in [1.82, 2.24) is 4.98 Å². The van der Waals surface area contributed by atoms with Crippen molar-refractivity contribution >= 4 is 33.3 Å². The highest BCUT2D eigenvalue weighted by Gasteiger charge is 2.84. The molecular formula is C26H17F6NS2. The Labute approximate surface area is 206 Å². The molecule has 4 aliphatic rings. The monoisotopic (exact) mass is 521 g/mol. The van der Waals surface area contributed by atoms with Crippen LogP contribution in [0.4, 0.5) is 26.3 Å². The van der Waals surface area contributed by atoms with E-state index in [2.05, 4.69) is 4.98 Å². The highest BCUT2D eigenvalue weighted by molar-refractivity contribution is 8.14. The standard InChI is InChI=1S/C26H17F6NS2/c1-22-16(12-18(34-22)14-6-4-3-5-7-14)20-21(25(29,30)26(31,32)24(20,27)28)17-13-19(35-23(17,22)2)15-8-10-33-11-9-15/h3-13H,1-2H3/t22-,23+/m0/s1. The molecule has 2 aliphatic heterocycles. The Morgan fingerprint density at radius 3 is 1.51 bits per heavy atom. The summed E-state index contributed by atoms with van der Waals surface area (Å²) in [5.41, 5.74) is -1.47. The van der Waals surface area contributed by atoms with E-state index in [1.807, 2.05) is 0 Å². The van der Waals surface area contributed by atoms with Crippen LogP contribution in [0.5, 0.6) is 0 Å². The number of aromatic nitrogens is 1. The van der Waals surface area contributed by atoms with E-state index in [9.17, 15) is 8.78 Å². The van der Waals surface area contributed by atoms with E-state index < -0.39 is 38.4 Å². The topological polar surface area (TPSA) is 12.9 Å². The largest absolute Gasteiger partial charge is 0.380 e. The minimum absolute atomic E-state index is 0.165. The van der Waals surface area contributed by atoms with Gasteiger partial charge in [0.25, 0.3) is 0 Å². The smallest absolute Gasteiger partial charge is 0.265 e. The summed E-state index contributed by atoms with van der Waals surface area (Å²) in [6, 6.07) is 12.2. The van der Waals surface area contributed by atoms with E-state index in [0.717, 1.165) is 0 Å². The summed E-state index contributed by atoms with van der Waals surface area (Å²) in [5, 5.41) is 0. The van der Waals surface area contributed by atoms with Gasteiger partial charge in [0.2, 0.25) is 0 Å². The minimum atomic E-state index is -5.55. The maximum Gasteiger partial charge on any atom is 0.380 e. The number of thioether (sulfide) groups is 2. The fraction of sp³-hybridized carbons (Fsp3) is 0.269. The first-order valence-corrected chi connectivity index (χ1v) is 12.4. The van der Waals surface area contributed by atoms with Gasteiger partial charge in [-0.05, 0) is 60.4 Å². The third-order valence-corrected chi connectivity index (χ3v) is 10.7. The van der Waals surface area contributed by atoms with Crippen LogP contribution in [-0.4, -0.2) is 32.2 Å². The number of hydrogen-bond donors (Lipinski definition) is 0. The van der Waals surface area contributed by atoms with Crippen molar-refractivity contribution in [3.63, 3.8) is 0 Å². The zero-order valence-electron chi connectivity index (χ0n) is 18.4. The quantitative estimate of drug-likeness (QED) is 0.372. The van der Waals surface area contributed by atoms with Crippen LogP contribution in [0.25, 0.3) is 9.81 Å². The van der Waals surface area contributed by atoms with Gasteiger partial charge in [0.1, 0.15) is 0 Å². The molecule has 0 spiro atoms. The van der Waals surface area contributed by atoms with Crippen molar-refractivity contribution in [3.8, 4) is 0 Å². The first kappa shape index (κ1) is 23.0. The van der Waals surface area contributed by atoms with Gasteiger partial charge in [-0.2, -0.15) is 26.3 Å². The number of nitrogens with zero attached hydrogens (tertiary/aromatic N) is 1. The zero-order valence-corrected chi connectivity index (χ0v) is 20.0. The molecule has 9 heteroatoms. The maximum absolute atomic E-state index is 15.3. The Morgan fingerprint density at radius 1 is 0.629 bits per heavy atom. The molecule has 3 heterocycles. The first-order valence-electron chi connectivity index (χ1n) is 10.8. The Morgan fingerprint density at radius 2 is 1.06 bits per heavy atom. The summed E-state index contributed by atoms with van der Waals surface area (Å²) in [7, 11) is 0. The normalized spacial score (nSPS) is 31.7. The number of fused-ring (bicyclic) bond motifs is 4. The lowest BCUT2D eigenvalue weighted by molar-refractivity contribution is -0.258. The van der Waals surface area contributed by atoms with Crippen molar-refractivity contribution in [2.75, 3.05) is 0 Å². The van der Waals surface area contributed by atoms with Gasteiger partial charge in [0, 0.05) is 33.4 Å². The molecule has 0 bridgehead atoms. The average molecular weight is 522 g/mol. The predicted octanol–water partition coefficient (Wildman–Crippen LogP) is 8.00. The number of hydrogen-bond acceptors (Lipinski definition) is 3. The Bertz CT molecular complexity index is 1290. The second-order valence-electron chi connectivity index (χ2n) is 9.19. The fourth-order valence-corrected chi connectivity index (χ4v) is 8.45. The molecule has 2 atom stereocenters. The third-order valence-electron chi connectivity index (χ3n) is 7.35. The molecule has 0 N–H and O–H groups in total. The SMILES string of the molecule is C[C@]12SC(c3ccccc3)=CC1=C1C(=C3C=C(c4ccncc4)S[C@]32C)C(F)(F)C(F)(F)C1(F)F. The molecule has 2 aromatic rings. The predicted molar refractivity (Wildman–Crippen MR) is 128 cm³/mol. The molecule has 35 heavy (non-hydrogen) atoms. The first-order chi connectivity index (χ1) is 16.4. The van der Waals surface area contributed by atoms with Crippen molar-refractivity contribution in [2.45, 2.75) is 41.1 Å². The molecule has 1 fully saturated rings. The van der Waals surface area contributed by atoms with Crippen LogP contribution in [0.3, 0.4) is 0 Å². The third kappa shape index (κ3) is 2.63. The van der Waals surface area contributed by atoms with Gasteiger partial charge in [-0.1, -0.05) is 30.3 Å². The van der Waals surface area contributed by atoms with Gasteiger partial charge in [-0.25, -0.2) is 0 Å². The van der Waals surface area contributed by atoms with Gasteiger partial charge in [0.05, 0.1) is 9.49 Å². The number of allylic oxidation sites excluding steroid dienone is 4. The molecule has 0 amide bonds. The Balaban J connectivity index is 1.68. The lowest BCUT2D eigenvalue weighted by Crippen LogP contribution is -2.48. The molecule has 180 valence electrons. The van der Waals surface area contributed by atoms with Crippen LogP contribution < -0.4 is 0 Å². The summed E-state index contributed by atoms with van der Waals surface area (Å²) < 4.78 is 88.3. The molecule has 6 rings (SSSR count). The summed E-state index contributed by atoms with van der Waals surface area (Å²) in [6.07, 6.45) is 5.83. The molecule has 1 saturated carbocycles. The number of halogens is 6. The second kappa shape index (κ2) is 6.88. The molecular weight excluding hydrogens is 504 g/mol. The van der Waals surface area contributed by atoms with E-state index in [1.165, 1.54) is 48.1 Å². The van der Waals surface area contributed by atoms with Crippen molar-refractivity contribution in [1.29, 1.82) is 0 Å². The molecule has 0 radical (unpaired) electrons. The summed E-state index contributed by atoms with van der Waals surface area (Å²) in [4.78, 5) is 5.08. The number of rotatable bonds is 2. The van der Waals surface area contributed by atoms with E-state index in [1.54, 1.807) is 56.3 Å². The van der Waals surface area contributed by atoms with E-state index in [0.29, 0.717) is 20.9 Å². The summed E-state index contributed by atoms with van der Waals surface area (Å²) in [6.45, 7) is 3.37. The van der Waals surface area contributed by atoms with Crippen LogP contribution in [0.15, 0.2) is 89.3 Å². The summed E-state index contributed by atoms with van der Waals surface area (Å²) in [5.74, 6) is -15.6. The number of pyridine rings is 1.